The summed E-state index contributed by atoms with van der Waals surface area (Å²) in [4.78, 5) is 3.76. The van der Waals surface area contributed by atoms with Crippen LogP contribution in [0.1, 0.15) is 12.5 Å². The van der Waals surface area contributed by atoms with E-state index in [0.29, 0.717) is 18.0 Å². The number of benzene rings is 1. The van der Waals surface area contributed by atoms with E-state index in [2.05, 4.69) is 4.99 Å². The minimum absolute atomic E-state index is 0.236. The monoisotopic (exact) mass is 196 g/mol. The maximum Gasteiger partial charge on any atom is 0.165 e. The molecule has 1 aromatic rings. The number of halogens is 1. The molecule has 0 fully saturated rings. The lowest BCUT2D eigenvalue weighted by Crippen LogP contribution is -2.13. The molecule has 0 bridgehead atoms. The third-order valence-corrected chi connectivity index (χ3v) is 1.77. The smallest absolute Gasteiger partial charge is 0.165 e. The van der Waals surface area contributed by atoms with Crippen molar-refractivity contribution in [3.63, 3.8) is 0 Å². The van der Waals surface area contributed by atoms with Gasteiger partial charge < -0.3 is 10.5 Å². The zero-order valence-corrected chi connectivity index (χ0v) is 8.25. The summed E-state index contributed by atoms with van der Waals surface area (Å²) in [6.45, 7) is 2.24. The van der Waals surface area contributed by atoms with Gasteiger partial charge in [-0.1, -0.05) is 0 Å². The van der Waals surface area contributed by atoms with Gasteiger partial charge in [-0.2, -0.15) is 0 Å². The van der Waals surface area contributed by atoms with E-state index in [1.807, 2.05) is 0 Å². The summed E-state index contributed by atoms with van der Waals surface area (Å²) in [6, 6.07) is 4.54. The molecule has 1 rings (SSSR count). The Morgan fingerprint density at radius 1 is 1.57 bits per heavy atom. The van der Waals surface area contributed by atoms with Gasteiger partial charge >= 0.3 is 0 Å². The molecule has 0 amide bonds. The van der Waals surface area contributed by atoms with Crippen molar-refractivity contribution in [2.24, 2.45) is 10.7 Å². The summed E-state index contributed by atoms with van der Waals surface area (Å²) in [7, 11) is 1.56. The van der Waals surface area contributed by atoms with Crippen LogP contribution in [0.5, 0.6) is 5.75 Å². The van der Waals surface area contributed by atoms with Crippen molar-refractivity contribution in [2.75, 3.05) is 13.7 Å². The Labute approximate surface area is 82.4 Å². The number of amidine groups is 1. The Kier molecular flexibility index (Phi) is 3.45. The first kappa shape index (κ1) is 10.5. The fraction of sp³-hybridized carbons (Fsp3) is 0.300. The molecule has 3 nitrogen and oxygen atoms in total. The van der Waals surface area contributed by atoms with Crippen LogP contribution in [-0.4, -0.2) is 19.5 Å². The molecule has 0 unspecified atom stereocenters. The van der Waals surface area contributed by atoms with E-state index in [9.17, 15) is 4.39 Å². The van der Waals surface area contributed by atoms with Crippen LogP contribution in [0.3, 0.4) is 0 Å². The highest BCUT2D eigenvalue weighted by atomic mass is 19.1. The molecule has 0 heterocycles. The molecular weight excluding hydrogens is 183 g/mol. The summed E-state index contributed by atoms with van der Waals surface area (Å²) in [6.07, 6.45) is 0. The first-order valence-corrected chi connectivity index (χ1v) is 4.34. The van der Waals surface area contributed by atoms with E-state index in [-0.39, 0.29) is 5.75 Å². The molecule has 2 N–H and O–H groups in total. The van der Waals surface area contributed by atoms with Gasteiger partial charge in [-0.15, -0.1) is 0 Å². The van der Waals surface area contributed by atoms with Crippen molar-refractivity contribution >= 4 is 5.84 Å². The van der Waals surface area contributed by atoms with E-state index in [4.69, 9.17) is 10.5 Å². The maximum absolute atomic E-state index is 13.3. The van der Waals surface area contributed by atoms with Gasteiger partial charge in [-0.3, -0.25) is 4.99 Å². The van der Waals surface area contributed by atoms with Crippen LogP contribution in [0, 0.1) is 5.82 Å². The average Bonchev–Trinajstić information content (AvgIpc) is 2.20. The number of rotatable bonds is 3. The minimum Gasteiger partial charge on any atom is -0.491 e. The van der Waals surface area contributed by atoms with Crippen LogP contribution in [-0.2, 0) is 0 Å². The van der Waals surface area contributed by atoms with Crippen molar-refractivity contribution in [3.8, 4) is 5.75 Å². The van der Waals surface area contributed by atoms with Gasteiger partial charge in [0.25, 0.3) is 0 Å². The molecular formula is C10H13FN2O. The van der Waals surface area contributed by atoms with Crippen molar-refractivity contribution in [2.45, 2.75) is 6.92 Å². The number of hydrogen-bond donors (Lipinski definition) is 1. The predicted molar refractivity (Wildman–Crippen MR) is 54.2 cm³/mol. The van der Waals surface area contributed by atoms with E-state index in [1.165, 1.54) is 6.07 Å². The SMILES string of the molecule is CCOc1ccc(C(N)=NC)cc1F. The zero-order chi connectivity index (χ0) is 10.6. The Balaban J connectivity index is 3.00. The van der Waals surface area contributed by atoms with Crippen LogP contribution in [0.25, 0.3) is 0 Å². The molecule has 4 heteroatoms. The highest BCUT2D eigenvalue weighted by Crippen LogP contribution is 2.17. The van der Waals surface area contributed by atoms with E-state index in [1.54, 1.807) is 26.1 Å². The van der Waals surface area contributed by atoms with Crippen LogP contribution in [0.4, 0.5) is 4.39 Å². The van der Waals surface area contributed by atoms with Crippen molar-refractivity contribution in [3.05, 3.63) is 29.6 Å². The molecule has 0 spiro atoms. The number of ether oxygens (including phenoxy) is 1. The fourth-order valence-corrected chi connectivity index (χ4v) is 1.06. The van der Waals surface area contributed by atoms with Gasteiger partial charge in [0.15, 0.2) is 11.6 Å². The normalized spacial score (nSPS) is 11.5. The fourth-order valence-electron chi connectivity index (χ4n) is 1.06. The van der Waals surface area contributed by atoms with E-state index in [0.717, 1.165) is 0 Å². The predicted octanol–water partition coefficient (Wildman–Crippen LogP) is 1.56. The first-order valence-electron chi connectivity index (χ1n) is 4.34. The first-order chi connectivity index (χ1) is 6.69. The van der Waals surface area contributed by atoms with Gasteiger partial charge in [0.05, 0.1) is 6.61 Å². The quantitative estimate of drug-likeness (QED) is 0.589. The van der Waals surface area contributed by atoms with Gasteiger partial charge in [-0.25, -0.2) is 4.39 Å². The second kappa shape index (κ2) is 4.60. The lowest BCUT2D eigenvalue weighted by atomic mass is 10.2. The second-order valence-electron chi connectivity index (χ2n) is 2.69. The Bertz CT molecular complexity index is 350. The van der Waals surface area contributed by atoms with Crippen molar-refractivity contribution in [1.29, 1.82) is 0 Å². The molecule has 0 aliphatic carbocycles. The third-order valence-electron chi connectivity index (χ3n) is 1.77. The lowest BCUT2D eigenvalue weighted by molar-refractivity contribution is 0.321. The Morgan fingerprint density at radius 2 is 2.29 bits per heavy atom. The minimum atomic E-state index is -0.420. The van der Waals surface area contributed by atoms with Gasteiger partial charge in [0, 0.05) is 12.6 Å². The average molecular weight is 196 g/mol. The van der Waals surface area contributed by atoms with E-state index < -0.39 is 5.82 Å². The largest absolute Gasteiger partial charge is 0.491 e. The van der Waals surface area contributed by atoms with Gasteiger partial charge in [0.1, 0.15) is 5.84 Å². The van der Waals surface area contributed by atoms with Gasteiger partial charge in [0.2, 0.25) is 0 Å². The second-order valence-corrected chi connectivity index (χ2v) is 2.69. The number of nitrogens with zero attached hydrogens (tertiary/aromatic N) is 1. The molecule has 1 aromatic carbocycles. The summed E-state index contributed by atoms with van der Waals surface area (Å²) in [5, 5.41) is 0. The number of hydrogen-bond acceptors (Lipinski definition) is 2. The van der Waals surface area contributed by atoms with Gasteiger partial charge in [-0.05, 0) is 25.1 Å². The molecule has 0 saturated heterocycles. The summed E-state index contributed by atoms with van der Waals surface area (Å²) < 4.78 is 18.3. The standard InChI is InChI=1S/C10H13FN2O/c1-3-14-9-5-4-7(6-8(9)11)10(12)13-2/h4-6H,3H2,1-2H3,(H2,12,13). The summed E-state index contributed by atoms with van der Waals surface area (Å²) in [5.74, 6) is 0.128. The van der Waals surface area contributed by atoms with Crippen LogP contribution < -0.4 is 10.5 Å². The van der Waals surface area contributed by atoms with Crippen LogP contribution in [0.2, 0.25) is 0 Å². The lowest BCUT2D eigenvalue weighted by Gasteiger charge is -2.05. The maximum atomic E-state index is 13.3. The summed E-state index contributed by atoms with van der Waals surface area (Å²) >= 11 is 0. The highest BCUT2D eigenvalue weighted by molar-refractivity contribution is 5.97. The molecule has 0 radical (unpaired) electrons. The molecule has 0 aliphatic heterocycles. The third kappa shape index (κ3) is 2.22. The Morgan fingerprint density at radius 3 is 2.79 bits per heavy atom. The zero-order valence-electron chi connectivity index (χ0n) is 8.25. The van der Waals surface area contributed by atoms with Crippen molar-refractivity contribution < 1.29 is 9.13 Å². The van der Waals surface area contributed by atoms with Crippen molar-refractivity contribution in [1.82, 2.24) is 0 Å². The van der Waals surface area contributed by atoms with E-state index >= 15 is 0 Å². The molecule has 76 valence electrons. The molecule has 0 aromatic heterocycles. The Hall–Kier alpha value is -1.58. The summed E-state index contributed by atoms with van der Waals surface area (Å²) in [5.41, 5.74) is 6.09. The molecule has 0 atom stereocenters. The number of aliphatic imine (C=N–C) groups is 1. The molecule has 0 aliphatic rings. The topological polar surface area (TPSA) is 47.6 Å². The molecule has 14 heavy (non-hydrogen) atoms. The highest BCUT2D eigenvalue weighted by Gasteiger charge is 2.05. The number of nitrogens with two attached hydrogens (primary N) is 1. The van der Waals surface area contributed by atoms with Crippen LogP contribution in [0.15, 0.2) is 23.2 Å². The van der Waals surface area contributed by atoms with Crippen LogP contribution >= 0.6 is 0 Å². The molecule has 0 saturated carbocycles.